The van der Waals surface area contributed by atoms with Crippen molar-refractivity contribution in [3.8, 4) is 12.3 Å². The molecule has 1 aromatic carbocycles. The molecule has 0 saturated carbocycles. The molecule has 1 unspecified atom stereocenters. The molecule has 0 spiro atoms. The molecule has 2 aliphatic rings. The summed E-state index contributed by atoms with van der Waals surface area (Å²) in [4.78, 5) is 25.1. The third-order valence-electron chi connectivity index (χ3n) is 3.45. The van der Waals surface area contributed by atoms with E-state index in [-0.39, 0.29) is 17.7 Å². The molecule has 0 radical (unpaired) electrons. The number of nitrogens with one attached hydrogen (secondary N) is 1. The Labute approximate surface area is 105 Å². The van der Waals surface area contributed by atoms with Gasteiger partial charge < -0.3 is 10.2 Å². The van der Waals surface area contributed by atoms with Crippen LogP contribution >= 0.6 is 0 Å². The predicted molar refractivity (Wildman–Crippen MR) is 66.9 cm³/mol. The van der Waals surface area contributed by atoms with Gasteiger partial charge in [-0.25, -0.2) is 0 Å². The summed E-state index contributed by atoms with van der Waals surface area (Å²) in [6.45, 7) is 1.10. The lowest BCUT2D eigenvalue weighted by molar-refractivity contribution is -0.117. The quantitative estimate of drug-likeness (QED) is 0.742. The normalized spacial score (nSPS) is 21.7. The van der Waals surface area contributed by atoms with Crippen LogP contribution in [0.4, 0.5) is 5.69 Å². The molecule has 4 nitrogen and oxygen atoms in total. The number of amides is 2. The number of nitrogens with zero attached hydrogens (tertiary/aromatic N) is 1. The fraction of sp³-hybridized carbons (Fsp3) is 0.286. The van der Waals surface area contributed by atoms with Gasteiger partial charge in [0.2, 0.25) is 5.91 Å². The minimum atomic E-state index is -0.0769. The third-order valence-corrected chi connectivity index (χ3v) is 3.45. The number of anilines is 1. The van der Waals surface area contributed by atoms with Crippen LogP contribution in [-0.2, 0) is 11.3 Å². The molecule has 4 heteroatoms. The van der Waals surface area contributed by atoms with Gasteiger partial charge in [-0.2, -0.15) is 0 Å². The molecule has 18 heavy (non-hydrogen) atoms. The van der Waals surface area contributed by atoms with Gasteiger partial charge in [0, 0.05) is 36.7 Å². The summed E-state index contributed by atoms with van der Waals surface area (Å²) < 4.78 is 0. The largest absolute Gasteiger partial charge is 0.348 e. The summed E-state index contributed by atoms with van der Waals surface area (Å²) in [5, 5.41) is 2.76. The number of benzene rings is 1. The van der Waals surface area contributed by atoms with E-state index in [1.54, 1.807) is 11.0 Å². The molecular weight excluding hydrogens is 228 g/mol. The summed E-state index contributed by atoms with van der Waals surface area (Å²) in [7, 11) is 0. The van der Waals surface area contributed by atoms with Crippen LogP contribution in [0.25, 0.3) is 0 Å². The summed E-state index contributed by atoms with van der Waals surface area (Å²) >= 11 is 0. The lowest BCUT2D eigenvalue weighted by atomic mass is 10.1. The Balaban J connectivity index is 1.95. The highest BCUT2D eigenvalue weighted by Gasteiger charge is 2.30. The van der Waals surface area contributed by atoms with Crippen molar-refractivity contribution in [3.05, 3.63) is 29.3 Å². The first kappa shape index (κ1) is 10.8. The van der Waals surface area contributed by atoms with Crippen LogP contribution in [0.15, 0.2) is 18.2 Å². The van der Waals surface area contributed by atoms with Crippen molar-refractivity contribution in [2.24, 2.45) is 5.92 Å². The maximum absolute atomic E-state index is 11.9. The number of hydrogen-bond donors (Lipinski definition) is 1. The summed E-state index contributed by atoms with van der Waals surface area (Å²) in [6, 6.07) is 5.53. The topological polar surface area (TPSA) is 49.4 Å². The highest BCUT2D eigenvalue weighted by atomic mass is 16.2. The molecule has 0 bridgehead atoms. The lowest BCUT2D eigenvalue weighted by Gasteiger charge is -2.16. The minimum Gasteiger partial charge on any atom is -0.348 e. The second-order valence-electron chi connectivity index (χ2n) is 4.60. The second kappa shape index (κ2) is 3.88. The van der Waals surface area contributed by atoms with Crippen molar-refractivity contribution in [2.75, 3.05) is 11.4 Å². The Morgan fingerprint density at radius 2 is 2.22 bits per heavy atom. The number of rotatable bonds is 1. The van der Waals surface area contributed by atoms with Crippen LogP contribution in [0.1, 0.15) is 22.3 Å². The van der Waals surface area contributed by atoms with E-state index in [2.05, 4.69) is 11.2 Å². The number of hydrogen-bond acceptors (Lipinski definition) is 2. The molecule has 2 aliphatic heterocycles. The van der Waals surface area contributed by atoms with Gasteiger partial charge in [0.1, 0.15) is 0 Å². The van der Waals surface area contributed by atoms with Gasteiger partial charge in [-0.1, -0.05) is 6.07 Å². The van der Waals surface area contributed by atoms with Gasteiger partial charge >= 0.3 is 0 Å². The Kier molecular flexibility index (Phi) is 2.34. The molecule has 3 rings (SSSR count). The van der Waals surface area contributed by atoms with Crippen LogP contribution in [-0.4, -0.2) is 18.4 Å². The molecule has 1 N–H and O–H groups in total. The van der Waals surface area contributed by atoms with Gasteiger partial charge in [-0.15, -0.1) is 12.3 Å². The lowest BCUT2D eigenvalue weighted by Crippen LogP contribution is -2.24. The van der Waals surface area contributed by atoms with Crippen LogP contribution in [0.2, 0.25) is 0 Å². The maximum Gasteiger partial charge on any atom is 0.251 e. The predicted octanol–water partition coefficient (Wildman–Crippen LogP) is 0.916. The standard InChI is InChI=1S/C14H12N2O2/c1-2-9-5-13(17)16(8-9)11-4-3-10-7-15-14(18)12(10)6-11/h1,3-4,6,9H,5,7-8H2,(H,15,18). The average molecular weight is 240 g/mol. The van der Waals surface area contributed by atoms with Crippen molar-refractivity contribution >= 4 is 17.5 Å². The third kappa shape index (κ3) is 1.56. The SMILES string of the molecule is C#CC1CC(=O)N(c2ccc3c(c2)C(=O)NC3)C1. The zero-order valence-electron chi connectivity index (χ0n) is 9.77. The van der Waals surface area contributed by atoms with E-state index < -0.39 is 0 Å². The number of carbonyl (C=O) groups excluding carboxylic acids is 2. The molecule has 2 amide bonds. The van der Waals surface area contributed by atoms with Gasteiger partial charge in [0.15, 0.2) is 0 Å². The first-order valence-electron chi connectivity index (χ1n) is 5.86. The monoisotopic (exact) mass is 240 g/mol. The van der Waals surface area contributed by atoms with Gasteiger partial charge in [-0.3, -0.25) is 9.59 Å². The smallest absolute Gasteiger partial charge is 0.251 e. The van der Waals surface area contributed by atoms with Crippen LogP contribution in [0.3, 0.4) is 0 Å². The average Bonchev–Trinajstić information content (AvgIpc) is 2.93. The number of fused-ring (bicyclic) bond motifs is 1. The van der Waals surface area contributed by atoms with E-state index in [0.29, 0.717) is 25.1 Å². The fourth-order valence-corrected chi connectivity index (χ4v) is 2.44. The molecule has 1 atom stereocenters. The van der Waals surface area contributed by atoms with Gasteiger partial charge in [0.05, 0.1) is 0 Å². The van der Waals surface area contributed by atoms with E-state index >= 15 is 0 Å². The second-order valence-corrected chi connectivity index (χ2v) is 4.60. The molecule has 90 valence electrons. The Morgan fingerprint density at radius 1 is 1.39 bits per heavy atom. The van der Waals surface area contributed by atoms with E-state index in [1.807, 2.05) is 12.1 Å². The molecule has 1 saturated heterocycles. The molecule has 0 aromatic heterocycles. The summed E-state index contributed by atoms with van der Waals surface area (Å²) in [5.74, 6) is 2.53. The molecular formula is C14H12N2O2. The highest BCUT2D eigenvalue weighted by Crippen LogP contribution is 2.28. The van der Waals surface area contributed by atoms with Gasteiger partial charge in [-0.05, 0) is 17.7 Å². The van der Waals surface area contributed by atoms with Gasteiger partial charge in [0.25, 0.3) is 5.91 Å². The first-order valence-corrected chi connectivity index (χ1v) is 5.86. The zero-order valence-corrected chi connectivity index (χ0v) is 9.77. The highest BCUT2D eigenvalue weighted by molar-refractivity contribution is 6.01. The van der Waals surface area contributed by atoms with E-state index in [1.165, 1.54) is 0 Å². The molecule has 2 heterocycles. The summed E-state index contributed by atoms with van der Waals surface area (Å²) in [5.41, 5.74) is 2.39. The Morgan fingerprint density at radius 3 is 2.94 bits per heavy atom. The minimum absolute atomic E-state index is 0.0244. The van der Waals surface area contributed by atoms with E-state index in [0.717, 1.165) is 11.3 Å². The van der Waals surface area contributed by atoms with E-state index in [9.17, 15) is 9.59 Å². The fourth-order valence-electron chi connectivity index (χ4n) is 2.44. The van der Waals surface area contributed by atoms with Crippen LogP contribution in [0.5, 0.6) is 0 Å². The summed E-state index contributed by atoms with van der Waals surface area (Å²) in [6.07, 6.45) is 5.74. The van der Waals surface area contributed by atoms with Crippen LogP contribution < -0.4 is 10.2 Å². The molecule has 0 aliphatic carbocycles. The van der Waals surface area contributed by atoms with Crippen molar-refractivity contribution in [1.82, 2.24) is 5.32 Å². The van der Waals surface area contributed by atoms with Crippen molar-refractivity contribution in [3.63, 3.8) is 0 Å². The Bertz CT molecular complexity index is 586. The maximum atomic E-state index is 11.9. The van der Waals surface area contributed by atoms with Crippen LogP contribution in [0, 0.1) is 18.3 Å². The molecule has 1 aromatic rings. The number of carbonyl (C=O) groups is 2. The first-order chi connectivity index (χ1) is 8.69. The van der Waals surface area contributed by atoms with Crippen molar-refractivity contribution in [1.29, 1.82) is 0 Å². The number of terminal acetylenes is 1. The molecule has 1 fully saturated rings. The van der Waals surface area contributed by atoms with Crippen molar-refractivity contribution < 1.29 is 9.59 Å². The zero-order chi connectivity index (χ0) is 12.7. The van der Waals surface area contributed by atoms with Crippen molar-refractivity contribution in [2.45, 2.75) is 13.0 Å². The van der Waals surface area contributed by atoms with E-state index in [4.69, 9.17) is 6.42 Å². The Hall–Kier alpha value is -2.28.